The SMILES string of the molecule is CC(C)C(N)(Cc1cccc(Oc2ccccc2)n1)C(=O)O. The van der Waals surface area contributed by atoms with Crippen molar-refractivity contribution in [1.29, 1.82) is 0 Å². The number of pyridine rings is 1. The van der Waals surface area contributed by atoms with Crippen molar-refractivity contribution < 1.29 is 14.6 Å². The minimum absolute atomic E-state index is 0.145. The molecule has 0 aliphatic rings. The summed E-state index contributed by atoms with van der Waals surface area (Å²) in [6.45, 7) is 3.58. The van der Waals surface area contributed by atoms with Gasteiger partial charge >= 0.3 is 5.97 Å². The maximum absolute atomic E-state index is 11.5. The zero-order valence-electron chi connectivity index (χ0n) is 12.7. The second kappa shape index (κ2) is 6.58. The van der Waals surface area contributed by atoms with Gasteiger partial charge in [0, 0.05) is 18.2 Å². The molecule has 0 amide bonds. The van der Waals surface area contributed by atoms with Crippen LogP contribution in [0.2, 0.25) is 0 Å². The van der Waals surface area contributed by atoms with Crippen LogP contribution in [0.5, 0.6) is 11.6 Å². The summed E-state index contributed by atoms with van der Waals surface area (Å²) in [6, 6.07) is 14.5. The highest BCUT2D eigenvalue weighted by atomic mass is 16.5. The van der Waals surface area contributed by atoms with E-state index in [0.29, 0.717) is 17.3 Å². The van der Waals surface area contributed by atoms with Gasteiger partial charge in [0.25, 0.3) is 0 Å². The number of carboxylic acid groups (broad SMARTS) is 1. The second-order valence-electron chi connectivity index (χ2n) is 5.56. The van der Waals surface area contributed by atoms with Crippen LogP contribution in [-0.2, 0) is 11.2 Å². The molecule has 5 nitrogen and oxygen atoms in total. The first-order valence-electron chi connectivity index (χ1n) is 7.13. The summed E-state index contributed by atoms with van der Waals surface area (Å²) >= 11 is 0. The Morgan fingerprint density at radius 1 is 1.23 bits per heavy atom. The molecule has 0 saturated carbocycles. The third-order valence-corrected chi connectivity index (χ3v) is 3.65. The van der Waals surface area contributed by atoms with E-state index in [1.165, 1.54) is 0 Å². The molecule has 0 saturated heterocycles. The summed E-state index contributed by atoms with van der Waals surface area (Å²) in [5, 5.41) is 9.38. The van der Waals surface area contributed by atoms with Gasteiger partial charge in [0.15, 0.2) is 0 Å². The van der Waals surface area contributed by atoms with Gasteiger partial charge in [-0.15, -0.1) is 0 Å². The Bertz CT molecular complexity index is 643. The Morgan fingerprint density at radius 2 is 1.91 bits per heavy atom. The van der Waals surface area contributed by atoms with Gasteiger partial charge in [-0.1, -0.05) is 38.1 Å². The van der Waals surface area contributed by atoms with Gasteiger partial charge in [-0.05, 0) is 24.1 Å². The van der Waals surface area contributed by atoms with Crippen LogP contribution in [0.4, 0.5) is 0 Å². The van der Waals surface area contributed by atoms with E-state index >= 15 is 0 Å². The number of aliphatic carboxylic acids is 1. The third kappa shape index (κ3) is 3.62. The van der Waals surface area contributed by atoms with Crippen molar-refractivity contribution >= 4 is 5.97 Å². The third-order valence-electron chi connectivity index (χ3n) is 3.65. The monoisotopic (exact) mass is 300 g/mol. The van der Waals surface area contributed by atoms with E-state index in [1.807, 2.05) is 30.3 Å². The van der Waals surface area contributed by atoms with Gasteiger partial charge in [0.2, 0.25) is 5.88 Å². The van der Waals surface area contributed by atoms with Crippen LogP contribution in [0.15, 0.2) is 48.5 Å². The highest BCUT2D eigenvalue weighted by Crippen LogP contribution is 2.23. The van der Waals surface area contributed by atoms with E-state index in [0.717, 1.165) is 0 Å². The topological polar surface area (TPSA) is 85.4 Å². The first-order chi connectivity index (χ1) is 10.4. The van der Waals surface area contributed by atoms with E-state index in [2.05, 4.69) is 4.98 Å². The summed E-state index contributed by atoms with van der Waals surface area (Å²) in [5.74, 6) is -0.155. The number of carbonyl (C=O) groups is 1. The van der Waals surface area contributed by atoms with E-state index in [1.54, 1.807) is 32.0 Å². The maximum atomic E-state index is 11.5. The van der Waals surface area contributed by atoms with Crippen LogP contribution < -0.4 is 10.5 Å². The van der Waals surface area contributed by atoms with E-state index in [-0.39, 0.29) is 12.3 Å². The summed E-state index contributed by atoms with van der Waals surface area (Å²) in [6.07, 6.45) is 0.145. The smallest absolute Gasteiger partial charge is 0.324 e. The fourth-order valence-corrected chi connectivity index (χ4v) is 2.05. The number of rotatable bonds is 6. The molecule has 3 N–H and O–H groups in total. The van der Waals surface area contributed by atoms with Crippen LogP contribution in [0.25, 0.3) is 0 Å². The molecule has 0 aliphatic carbocycles. The van der Waals surface area contributed by atoms with Crippen molar-refractivity contribution in [3.05, 3.63) is 54.2 Å². The molecule has 0 fully saturated rings. The molecule has 1 unspecified atom stereocenters. The molecular formula is C17H20N2O3. The Hall–Kier alpha value is -2.40. The Morgan fingerprint density at radius 3 is 2.50 bits per heavy atom. The van der Waals surface area contributed by atoms with Crippen LogP contribution >= 0.6 is 0 Å². The average molecular weight is 300 g/mol. The number of benzene rings is 1. The molecule has 116 valence electrons. The number of carboxylic acids is 1. The number of ether oxygens (including phenoxy) is 1. The first-order valence-corrected chi connectivity index (χ1v) is 7.13. The minimum atomic E-state index is -1.35. The maximum Gasteiger partial charge on any atom is 0.324 e. The predicted molar refractivity (Wildman–Crippen MR) is 83.8 cm³/mol. The van der Waals surface area contributed by atoms with Crippen LogP contribution in [-0.4, -0.2) is 21.6 Å². The number of hydrogen-bond donors (Lipinski definition) is 2. The number of nitrogens with two attached hydrogens (primary N) is 1. The standard InChI is InChI=1S/C17H20N2O3/c1-12(2)17(18,16(20)21)11-13-7-6-10-15(19-13)22-14-8-4-3-5-9-14/h3-10,12H,11,18H2,1-2H3,(H,20,21). The fourth-order valence-electron chi connectivity index (χ4n) is 2.05. The molecule has 0 bridgehead atoms. The van der Waals surface area contributed by atoms with Gasteiger partial charge in [0.05, 0.1) is 0 Å². The van der Waals surface area contributed by atoms with Gasteiger partial charge in [-0.3, -0.25) is 4.79 Å². The zero-order valence-corrected chi connectivity index (χ0v) is 12.7. The average Bonchev–Trinajstić information content (AvgIpc) is 2.48. The Balaban J connectivity index is 2.20. The normalized spacial score (nSPS) is 13.6. The largest absolute Gasteiger partial charge is 0.480 e. The molecule has 2 aromatic rings. The number of hydrogen-bond acceptors (Lipinski definition) is 4. The van der Waals surface area contributed by atoms with E-state index < -0.39 is 11.5 Å². The number of aromatic nitrogens is 1. The van der Waals surface area contributed by atoms with Crippen molar-refractivity contribution in [2.75, 3.05) is 0 Å². The summed E-state index contributed by atoms with van der Waals surface area (Å²) in [7, 11) is 0. The summed E-state index contributed by atoms with van der Waals surface area (Å²) in [5.41, 5.74) is 5.28. The zero-order chi connectivity index (χ0) is 16.2. The molecule has 1 atom stereocenters. The lowest BCUT2D eigenvalue weighted by atomic mass is 9.83. The van der Waals surface area contributed by atoms with Crippen LogP contribution in [0.3, 0.4) is 0 Å². The minimum Gasteiger partial charge on any atom is -0.480 e. The molecule has 1 aromatic heterocycles. The van der Waals surface area contributed by atoms with Crippen LogP contribution in [0.1, 0.15) is 19.5 Å². The van der Waals surface area contributed by atoms with Crippen molar-refractivity contribution in [2.24, 2.45) is 11.7 Å². The number of para-hydroxylation sites is 1. The highest BCUT2D eigenvalue weighted by Gasteiger charge is 2.38. The van der Waals surface area contributed by atoms with E-state index in [4.69, 9.17) is 10.5 Å². The molecule has 0 spiro atoms. The van der Waals surface area contributed by atoms with E-state index in [9.17, 15) is 9.90 Å². The lowest BCUT2D eigenvalue weighted by molar-refractivity contribution is -0.145. The van der Waals surface area contributed by atoms with Gasteiger partial charge in [0.1, 0.15) is 11.3 Å². The summed E-state index contributed by atoms with van der Waals surface area (Å²) < 4.78 is 5.66. The molecule has 22 heavy (non-hydrogen) atoms. The molecule has 1 heterocycles. The molecule has 1 aromatic carbocycles. The lowest BCUT2D eigenvalue weighted by Gasteiger charge is -2.28. The Kier molecular flexibility index (Phi) is 4.78. The first kappa shape index (κ1) is 16.0. The molecule has 0 radical (unpaired) electrons. The van der Waals surface area contributed by atoms with Crippen molar-refractivity contribution in [2.45, 2.75) is 25.8 Å². The van der Waals surface area contributed by atoms with Gasteiger partial charge in [-0.2, -0.15) is 0 Å². The Labute approximate surface area is 129 Å². The molecular weight excluding hydrogens is 280 g/mol. The molecule has 0 aliphatic heterocycles. The molecule has 5 heteroatoms. The highest BCUT2D eigenvalue weighted by molar-refractivity contribution is 5.79. The molecule has 2 rings (SSSR count). The predicted octanol–water partition coefficient (Wildman–Crippen LogP) is 2.85. The van der Waals surface area contributed by atoms with Gasteiger partial charge in [-0.25, -0.2) is 4.98 Å². The van der Waals surface area contributed by atoms with Gasteiger partial charge < -0.3 is 15.6 Å². The van der Waals surface area contributed by atoms with Crippen molar-refractivity contribution in [3.8, 4) is 11.6 Å². The summed E-state index contributed by atoms with van der Waals surface area (Å²) in [4.78, 5) is 15.8. The quantitative estimate of drug-likeness (QED) is 0.856. The van der Waals surface area contributed by atoms with Crippen molar-refractivity contribution in [1.82, 2.24) is 4.98 Å². The fraction of sp³-hybridized carbons (Fsp3) is 0.294. The number of nitrogens with zero attached hydrogens (tertiary/aromatic N) is 1. The van der Waals surface area contributed by atoms with Crippen molar-refractivity contribution in [3.63, 3.8) is 0 Å². The second-order valence-corrected chi connectivity index (χ2v) is 5.56. The van der Waals surface area contributed by atoms with Crippen LogP contribution in [0, 0.1) is 5.92 Å². The lowest BCUT2D eigenvalue weighted by Crippen LogP contribution is -2.54.